The van der Waals surface area contributed by atoms with Crippen LogP contribution in [0.1, 0.15) is 19.3 Å². The Balaban J connectivity index is 1.86. The van der Waals surface area contributed by atoms with Gasteiger partial charge in [-0.3, -0.25) is 9.78 Å². The standard InChI is InChI=1S/C18H22N2O3/c1-22-14-9-4-10-15(23-2)16(14)18(21)20-13-8-3-6-12-7-5-11-19-17(12)13/h3,5-8,11,14-16H,4,9-10H2,1-2H3,(H,20,21). The van der Waals surface area contributed by atoms with E-state index < -0.39 is 0 Å². The average Bonchev–Trinajstić information content (AvgIpc) is 2.61. The van der Waals surface area contributed by atoms with Crippen LogP contribution in [-0.2, 0) is 14.3 Å². The summed E-state index contributed by atoms with van der Waals surface area (Å²) in [5, 5.41) is 4.02. The van der Waals surface area contributed by atoms with E-state index in [1.54, 1.807) is 20.4 Å². The second kappa shape index (κ2) is 7.06. The third kappa shape index (κ3) is 3.21. The first kappa shape index (κ1) is 15.9. The monoisotopic (exact) mass is 314 g/mol. The fraction of sp³-hybridized carbons (Fsp3) is 0.444. The zero-order valence-electron chi connectivity index (χ0n) is 13.5. The molecule has 5 nitrogen and oxygen atoms in total. The maximum Gasteiger partial charge on any atom is 0.232 e. The number of hydrogen-bond donors (Lipinski definition) is 1. The Morgan fingerprint density at radius 3 is 2.52 bits per heavy atom. The molecule has 3 rings (SSSR count). The van der Waals surface area contributed by atoms with E-state index in [1.165, 1.54) is 0 Å². The topological polar surface area (TPSA) is 60.5 Å². The first-order valence-electron chi connectivity index (χ1n) is 7.95. The summed E-state index contributed by atoms with van der Waals surface area (Å²) in [5.74, 6) is -0.376. The van der Waals surface area contributed by atoms with Crippen LogP contribution in [0.5, 0.6) is 0 Å². The van der Waals surface area contributed by atoms with Gasteiger partial charge in [0, 0.05) is 25.8 Å². The second-order valence-electron chi connectivity index (χ2n) is 5.87. The molecule has 0 spiro atoms. The molecule has 1 saturated carbocycles. The van der Waals surface area contributed by atoms with Gasteiger partial charge in [0.05, 0.1) is 29.3 Å². The number of carbonyl (C=O) groups is 1. The van der Waals surface area contributed by atoms with Crippen molar-refractivity contribution in [1.29, 1.82) is 0 Å². The van der Waals surface area contributed by atoms with Crippen LogP contribution in [0.2, 0.25) is 0 Å². The molecule has 1 aromatic carbocycles. The van der Waals surface area contributed by atoms with Crippen molar-refractivity contribution in [1.82, 2.24) is 4.98 Å². The minimum absolute atomic E-state index is 0.0680. The predicted molar refractivity (Wildman–Crippen MR) is 89.3 cm³/mol. The van der Waals surface area contributed by atoms with Crippen LogP contribution in [0, 0.1) is 5.92 Å². The molecular formula is C18H22N2O3. The number of para-hydroxylation sites is 1. The summed E-state index contributed by atoms with van der Waals surface area (Å²) in [7, 11) is 3.31. The summed E-state index contributed by atoms with van der Waals surface area (Å²) >= 11 is 0. The fourth-order valence-corrected chi connectivity index (χ4v) is 3.41. The highest BCUT2D eigenvalue weighted by atomic mass is 16.5. The number of amides is 1. The van der Waals surface area contributed by atoms with Gasteiger partial charge in [-0.15, -0.1) is 0 Å². The van der Waals surface area contributed by atoms with Crippen molar-refractivity contribution in [3.63, 3.8) is 0 Å². The Kier molecular flexibility index (Phi) is 4.88. The summed E-state index contributed by atoms with van der Waals surface area (Å²) in [5.41, 5.74) is 1.52. The van der Waals surface area contributed by atoms with Crippen LogP contribution in [0.25, 0.3) is 10.9 Å². The van der Waals surface area contributed by atoms with Gasteiger partial charge in [0.2, 0.25) is 5.91 Å². The van der Waals surface area contributed by atoms with Gasteiger partial charge in [0.25, 0.3) is 0 Å². The first-order valence-corrected chi connectivity index (χ1v) is 7.95. The van der Waals surface area contributed by atoms with E-state index in [0.717, 1.165) is 35.9 Å². The minimum Gasteiger partial charge on any atom is -0.381 e. The molecule has 122 valence electrons. The smallest absolute Gasteiger partial charge is 0.232 e. The van der Waals surface area contributed by atoms with Crippen molar-refractivity contribution in [2.75, 3.05) is 19.5 Å². The number of benzene rings is 1. The molecule has 2 unspecified atom stereocenters. The van der Waals surface area contributed by atoms with E-state index in [-0.39, 0.29) is 24.0 Å². The lowest BCUT2D eigenvalue weighted by atomic mass is 9.83. The number of carbonyl (C=O) groups excluding carboxylic acids is 1. The van der Waals surface area contributed by atoms with Gasteiger partial charge in [0.15, 0.2) is 0 Å². The molecule has 1 aromatic heterocycles. The van der Waals surface area contributed by atoms with Gasteiger partial charge in [-0.05, 0) is 31.4 Å². The van der Waals surface area contributed by atoms with Crippen molar-refractivity contribution >= 4 is 22.5 Å². The van der Waals surface area contributed by atoms with E-state index in [4.69, 9.17) is 9.47 Å². The normalized spacial score (nSPS) is 24.5. The maximum absolute atomic E-state index is 12.9. The zero-order valence-corrected chi connectivity index (χ0v) is 13.5. The zero-order chi connectivity index (χ0) is 16.2. The second-order valence-corrected chi connectivity index (χ2v) is 5.87. The Bertz CT molecular complexity index is 672. The van der Waals surface area contributed by atoms with Gasteiger partial charge in [0.1, 0.15) is 0 Å². The average molecular weight is 314 g/mol. The Hall–Kier alpha value is -1.98. The number of nitrogens with one attached hydrogen (secondary N) is 1. The maximum atomic E-state index is 12.9. The van der Waals surface area contributed by atoms with Crippen LogP contribution < -0.4 is 5.32 Å². The largest absolute Gasteiger partial charge is 0.381 e. The van der Waals surface area contributed by atoms with E-state index >= 15 is 0 Å². The molecule has 1 amide bonds. The third-order valence-corrected chi connectivity index (χ3v) is 4.58. The number of ether oxygens (including phenoxy) is 2. The Morgan fingerprint density at radius 2 is 1.83 bits per heavy atom. The molecule has 1 aliphatic rings. The molecule has 1 N–H and O–H groups in total. The number of methoxy groups -OCH3 is 2. The predicted octanol–water partition coefficient (Wildman–Crippen LogP) is 3.00. The van der Waals surface area contributed by atoms with Crippen LogP contribution in [0.4, 0.5) is 5.69 Å². The van der Waals surface area contributed by atoms with Gasteiger partial charge in [-0.1, -0.05) is 18.2 Å². The number of rotatable bonds is 4. The lowest BCUT2D eigenvalue weighted by molar-refractivity contribution is -0.135. The molecule has 2 aromatic rings. The van der Waals surface area contributed by atoms with Gasteiger partial charge in [-0.25, -0.2) is 0 Å². The molecule has 1 aliphatic carbocycles. The highest BCUT2D eigenvalue weighted by Crippen LogP contribution is 2.31. The lowest BCUT2D eigenvalue weighted by Gasteiger charge is -2.35. The Labute approximate surface area is 136 Å². The van der Waals surface area contributed by atoms with E-state index in [2.05, 4.69) is 10.3 Å². The summed E-state index contributed by atoms with van der Waals surface area (Å²) in [4.78, 5) is 17.2. The third-order valence-electron chi connectivity index (χ3n) is 4.58. The van der Waals surface area contributed by atoms with Crippen LogP contribution >= 0.6 is 0 Å². The number of pyridine rings is 1. The first-order chi connectivity index (χ1) is 11.2. The SMILES string of the molecule is COC1CCCC(OC)C1C(=O)Nc1cccc2cccnc12. The molecule has 5 heteroatoms. The molecule has 0 bridgehead atoms. The summed E-state index contributed by atoms with van der Waals surface area (Å²) < 4.78 is 11.1. The van der Waals surface area contributed by atoms with Crippen molar-refractivity contribution in [2.24, 2.45) is 5.92 Å². The highest BCUT2D eigenvalue weighted by molar-refractivity contribution is 6.01. The Morgan fingerprint density at radius 1 is 1.13 bits per heavy atom. The highest BCUT2D eigenvalue weighted by Gasteiger charge is 2.39. The molecule has 0 saturated heterocycles. The number of hydrogen-bond acceptors (Lipinski definition) is 4. The lowest BCUT2D eigenvalue weighted by Crippen LogP contribution is -2.45. The van der Waals surface area contributed by atoms with Crippen LogP contribution in [-0.4, -0.2) is 37.3 Å². The van der Waals surface area contributed by atoms with Gasteiger partial charge < -0.3 is 14.8 Å². The van der Waals surface area contributed by atoms with Crippen molar-refractivity contribution in [2.45, 2.75) is 31.5 Å². The minimum atomic E-state index is -0.308. The quantitative estimate of drug-likeness (QED) is 0.942. The van der Waals surface area contributed by atoms with Crippen molar-refractivity contribution in [3.8, 4) is 0 Å². The van der Waals surface area contributed by atoms with Crippen LogP contribution in [0.15, 0.2) is 36.5 Å². The molecule has 1 heterocycles. The molecule has 2 atom stereocenters. The van der Waals surface area contributed by atoms with E-state index in [1.807, 2.05) is 30.3 Å². The molecule has 23 heavy (non-hydrogen) atoms. The summed E-state index contributed by atoms with van der Waals surface area (Å²) in [6.07, 6.45) is 4.27. The molecule has 0 aliphatic heterocycles. The van der Waals surface area contributed by atoms with Crippen LogP contribution in [0.3, 0.4) is 0 Å². The molecule has 0 radical (unpaired) electrons. The van der Waals surface area contributed by atoms with E-state index in [9.17, 15) is 4.79 Å². The molecule has 1 fully saturated rings. The van der Waals surface area contributed by atoms with Gasteiger partial charge >= 0.3 is 0 Å². The van der Waals surface area contributed by atoms with E-state index in [0.29, 0.717) is 0 Å². The summed E-state index contributed by atoms with van der Waals surface area (Å²) in [6.45, 7) is 0. The summed E-state index contributed by atoms with van der Waals surface area (Å²) in [6, 6.07) is 9.64. The number of aromatic nitrogens is 1. The van der Waals surface area contributed by atoms with Crippen molar-refractivity contribution in [3.05, 3.63) is 36.5 Å². The number of fused-ring (bicyclic) bond motifs is 1. The van der Waals surface area contributed by atoms with Gasteiger partial charge in [-0.2, -0.15) is 0 Å². The van der Waals surface area contributed by atoms with Crippen molar-refractivity contribution < 1.29 is 14.3 Å². The number of nitrogens with zero attached hydrogens (tertiary/aromatic N) is 1. The molecular weight excluding hydrogens is 292 g/mol. The fourth-order valence-electron chi connectivity index (χ4n) is 3.41. The number of anilines is 1.